The van der Waals surface area contributed by atoms with E-state index in [4.69, 9.17) is 0 Å². The van der Waals surface area contributed by atoms with Crippen LogP contribution in [-0.2, 0) is 7.05 Å². The van der Waals surface area contributed by atoms with Gasteiger partial charge in [0.15, 0.2) is 0 Å². The number of amides is 1. The van der Waals surface area contributed by atoms with Crippen molar-refractivity contribution >= 4 is 5.91 Å². The van der Waals surface area contributed by atoms with Gasteiger partial charge in [-0.3, -0.25) is 4.79 Å². The van der Waals surface area contributed by atoms with Crippen LogP contribution in [0.2, 0.25) is 0 Å². The monoisotopic (exact) mass is 304 g/mol. The summed E-state index contributed by atoms with van der Waals surface area (Å²) in [6.45, 7) is 6.17. The van der Waals surface area contributed by atoms with E-state index in [-0.39, 0.29) is 5.91 Å². The van der Waals surface area contributed by atoms with Gasteiger partial charge in [-0.15, -0.1) is 0 Å². The molecule has 122 valence electrons. The molecule has 2 fully saturated rings. The van der Waals surface area contributed by atoms with Crippen molar-refractivity contribution in [1.82, 2.24) is 19.4 Å². The van der Waals surface area contributed by atoms with Crippen molar-refractivity contribution in [3.63, 3.8) is 0 Å². The predicted octanol–water partition coefficient (Wildman–Crippen LogP) is 2.21. The standard InChI is InChI=1S/C17H28N4O/c1-14-16(19(2)13-18-14)17(22)21-11-7-15(8-12-21)20-9-5-3-4-6-10-20/h13,15H,3-12H2,1-2H3. The van der Waals surface area contributed by atoms with Crippen LogP contribution in [0.4, 0.5) is 0 Å². The smallest absolute Gasteiger partial charge is 0.272 e. The number of carbonyl (C=O) groups excluding carboxylic acids is 1. The highest BCUT2D eigenvalue weighted by molar-refractivity contribution is 5.93. The molecule has 0 bridgehead atoms. The lowest BCUT2D eigenvalue weighted by molar-refractivity contribution is 0.0613. The second-order valence-electron chi connectivity index (χ2n) is 6.76. The van der Waals surface area contributed by atoms with Gasteiger partial charge in [0.25, 0.3) is 5.91 Å². The summed E-state index contributed by atoms with van der Waals surface area (Å²) in [7, 11) is 1.90. The number of rotatable bonds is 2. The second kappa shape index (κ2) is 6.82. The number of hydrogen-bond acceptors (Lipinski definition) is 3. The Balaban J connectivity index is 1.58. The summed E-state index contributed by atoms with van der Waals surface area (Å²) >= 11 is 0. The number of hydrogen-bond donors (Lipinski definition) is 0. The lowest BCUT2D eigenvalue weighted by Crippen LogP contribution is -2.47. The highest BCUT2D eigenvalue weighted by Gasteiger charge is 2.29. The molecule has 0 aromatic carbocycles. The number of aromatic nitrogens is 2. The molecule has 1 amide bonds. The van der Waals surface area contributed by atoms with Gasteiger partial charge in [-0.1, -0.05) is 12.8 Å². The largest absolute Gasteiger partial charge is 0.337 e. The first kappa shape index (κ1) is 15.5. The zero-order valence-electron chi connectivity index (χ0n) is 13.9. The van der Waals surface area contributed by atoms with Crippen molar-refractivity contribution < 1.29 is 4.79 Å². The zero-order valence-corrected chi connectivity index (χ0v) is 13.9. The molecule has 3 heterocycles. The Morgan fingerprint density at radius 2 is 1.73 bits per heavy atom. The molecule has 0 aliphatic carbocycles. The lowest BCUT2D eigenvalue weighted by atomic mass is 10.0. The number of piperidine rings is 1. The maximum absolute atomic E-state index is 12.7. The van der Waals surface area contributed by atoms with Crippen molar-refractivity contribution in [1.29, 1.82) is 0 Å². The van der Waals surface area contributed by atoms with Crippen molar-refractivity contribution in [3.05, 3.63) is 17.7 Å². The van der Waals surface area contributed by atoms with E-state index in [0.717, 1.165) is 37.3 Å². The van der Waals surface area contributed by atoms with Crippen molar-refractivity contribution in [2.45, 2.75) is 51.5 Å². The van der Waals surface area contributed by atoms with Gasteiger partial charge in [-0.25, -0.2) is 4.98 Å². The molecule has 0 radical (unpaired) electrons. The average Bonchev–Trinajstić information content (AvgIpc) is 2.74. The Hall–Kier alpha value is -1.36. The molecule has 0 N–H and O–H groups in total. The van der Waals surface area contributed by atoms with Gasteiger partial charge < -0.3 is 14.4 Å². The van der Waals surface area contributed by atoms with Crippen LogP contribution in [0.15, 0.2) is 6.33 Å². The number of imidazole rings is 1. The van der Waals surface area contributed by atoms with E-state index in [1.165, 1.54) is 38.8 Å². The predicted molar refractivity (Wildman–Crippen MR) is 86.9 cm³/mol. The molecule has 3 rings (SSSR count). The van der Waals surface area contributed by atoms with Gasteiger partial charge in [-0.05, 0) is 45.7 Å². The summed E-state index contributed by atoms with van der Waals surface area (Å²) in [6, 6.07) is 0.676. The molecule has 0 saturated carbocycles. The van der Waals surface area contributed by atoms with Gasteiger partial charge in [0.2, 0.25) is 0 Å². The molecular weight excluding hydrogens is 276 g/mol. The first-order chi connectivity index (χ1) is 10.7. The fourth-order valence-corrected chi connectivity index (χ4v) is 3.90. The topological polar surface area (TPSA) is 41.4 Å². The first-order valence-corrected chi connectivity index (χ1v) is 8.68. The highest BCUT2D eigenvalue weighted by atomic mass is 16.2. The van der Waals surface area contributed by atoms with Crippen LogP contribution >= 0.6 is 0 Å². The van der Waals surface area contributed by atoms with Gasteiger partial charge in [-0.2, -0.15) is 0 Å². The molecule has 2 aliphatic heterocycles. The SMILES string of the molecule is Cc1ncn(C)c1C(=O)N1CCC(N2CCCCCC2)CC1. The first-order valence-electron chi connectivity index (χ1n) is 8.68. The van der Waals surface area contributed by atoms with Crippen molar-refractivity contribution in [3.8, 4) is 0 Å². The summed E-state index contributed by atoms with van der Waals surface area (Å²) in [5.41, 5.74) is 1.58. The summed E-state index contributed by atoms with van der Waals surface area (Å²) in [6.07, 6.45) is 9.40. The minimum absolute atomic E-state index is 0.145. The van der Waals surface area contributed by atoms with E-state index in [9.17, 15) is 4.79 Å². The van der Waals surface area contributed by atoms with Crippen LogP contribution in [0, 0.1) is 6.92 Å². The Morgan fingerprint density at radius 3 is 2.27 bits per heavy atom. The van der Waals surface area contributed by atoms with E-state index in [0.29, 0.717) is 6.04 Å². The normalized spacial score (nSPS) is 21.8. The minimum atomic E-state index is 0.145. The van der Waals surface area contributed by atoms with Crippen LogP contribution in [0.5, 0.6) is 0 Å². The molecule has 1 aromatic heterocycles. The summed E-state index contributed by atoms with van der Waals surface area (Å²) in [5, 5.41) is 0. The van der Waals surface area contributed by atoms with E-state index in [1.807, 2.05) is 23.4 Å². The van der Waals surface area contributed by atoms with Crippen LogP contribution < -0.4 is 0 Å². The van der Waals surface area contributed by atoms with Gasteiger partial charge in [0, 0.05) is 26.2 Å². The van der Waals surface area contributed by atoms with Gasteiger partial charge >= 0.3 is 0 Å². The number of likely N-dealkylation sites (tertiary alicyclic amines) is 2. The fourth-order valence-electron chi connectivity index (χ4n) is 3.90. The van der Waals surface area contributed by atoms with Gasteiger partial charge in [0.05, 0.1) is 12.0 Å². The second-order valence-corrected chi connectivity index (χ2v) is 6.76. The molecule has 1 aromatic rings. The molecule has 0 atom stereocenters. The minimum Gasteiger partial charge on any atom is -0.337 e. The molecule has 5 heteroatoms. The van der Waals surface area contributed by atoms with Crippen molar-refractivity contribution in [2.75, 3.05) is 26.2 Å². The van der Waals surface area contributed by atoms with Crippen LogP contribution in [0.25, 0.3) is 0 Å². The molecule has 2 aliphatic rings. The number of carbonyl (C=O) groups is 1. The fraction of sp³-hybridized carbons (Fsp3) is 0.765. The third-order valence-electron chi connectivity index (χ3n) is 5.23. The van der Waals surface area contributed by atoms with Crippen molar-refractivity contribution in [2.24, 2.45) is 7.05 Å². The third-order valence-corrected chi connectivity index (χ3v) is 5.23. The Kier molecular flexibility index (Phi) is 4.81. The van der Waals surface area contributed by atoms with E-state index in [1.54, 1.807) is 6.33 Å². The molecule has 2 saturated heterocycles. The molecule has 0 spiro atoms. The summed E-state index contributed by atoms with van der Waals surface area (Å²) in [5.74, 6) is 0.145. The van der Waals surface area contributed by atoms with Crippen LogP contribution in [0.1, 0.15) is 54.7 Å². The Morgan fingerprint density at radius 1 is 1.09 bits per heavy atom. The molecule has 5 nitrogen and oxygen atoms in total. The van der Waals surface area contributed by atoms with E-state index >= 15 is 0 Å². The van der Waals surface area contributed by atoms with Crippen LogP contribution in [0.3, 0.4) is 0 Å². The maximum Gasteiger partial charge on any atom is 0.272 e. The lowest BCUT2D eigenvalue weighted by Gasteiger charge is -2.38. The average molecular weight is 304 g/mol. The number of nitrogens with zero attached hydrogens (tertiary/aromatic N) is 4. The Bertz CT molecular complexity index is 489. The highest BCUT2D eigenvalue weighted by Crippen LogP contribution is 2.22. The van der Waals surface area contributed by atoms with Crippen LogP contribution in [-0.4, -0.2) is 57.5 Å². The van der Waals surface area contributed by atoms with Gasteiger partial charge in [0.1, 0.15) is 5.69 Å². The van der Waals surface area contributed by atoms with E-state index in [2.05, 4.69) is 9.88 Å². The quantitative estimate of drug-likeness (QED) is 0.841. The molecule has 22 heavy (non-hydrogen) atoms. The molecule has 0 unspecified atom stereocenters. The zero-order chi connectivity index (χ0) is 15.5. The number of aryl methyl sites for hydroxylation is 2. The molecular formula is C17H28N4O. The summed E-state index contributed by atoms with van der Waals surface area (Å²) in [4.78, 5) is 21.6. The maximum atomic E-state index is 12.7. The Labute approximate surface area is 133 Å². The third kappa shape index (κ3) is 3.19. The van der Waals surface area contributed by atoms with E-state index < -0.39 is 0 Å². The summed E-state index contributed by atoms with van der Waals surface area (Å²) < 4.78 is 1.85.